The first kappa shape index (κ1) is 19.0. The number of nitrogens with one attached hydrogen (secondary N) is 1. The number of benzene rings is 1. The SMILES string of the molecule is NC(=O)c1nc(O)ncc1N1c2ccccc2NC1c1cnc(N2CCCCC2)nc1. The summed E-state index contributed by atoms with van der Waals surface area (Å²) in [5.74, 6) is -0.0381. The summed E-state index contributed by atoms with van der Waals surface area (Å²) in [6, 6.07) is 7.17. The molecule has 1 unspecified atom stereocenters. The van der Waals surface area contributed by atoms with E-state index in [0.29, 0.717) is 5.69 Å². The second kappa shape index (κ2) is 7.71. The number of piperidine rings is 1. The average Bonchev–Trinajstić information content (AvgIpc) is 3.19. The van der Waals surface area contributed by atoms with E-state index in [1.54, 1.807) is 12.4 Å². The number of nitrogens with two attached hydrogens (primary N) is 1. The van der Waals surface area contributed by atoms with Gasteiger partial charge in [-0.3, -0.25) is 4.79 Å². The van der Waals surface area contributed by atoms with E-state index in [2.05, 4.69) is 30.2 Å². The number of aromatic hydroxyl groups is 1. The van der Waals surface area contributed by atoms with Gasteiger partial charge in [0.15, 0.2) is 5.69 Å². The molecule has 31 heavy (non-hydrogen) atoms. The fourth-order valence-electron chi connectivity index (χ4n) is 4.11. The number of hydrogen-bond acceptors (Lipinski definition) is 9. The lowest BCUT2D eigenvalue weighted by Gasteiger charge is -2.29. The first-order valence-corrected chi connectivity index (χ1v) is 10.2. The molecule has 4 heterocycles. The second-order valence-corrected chi connectivity index (χ2v) is 7.57. The number of amides is 1. The maximum Gasteiger partial charge on any atom is 0.314 e. The zero-order chi connectivity index (χ0) is 21.4. The Balaban J connectivity index is 1.55. The number of para-hydroxylation sites is 2. The van der Waals surface area contributed by atoms with E-state index in [1.165, 1.54) is 12.6 Å². The van der Waals surface area contributed by atoms with Crippen molar-refractivity contribution < 1.29 is 9.90 Å². The van der Waals surface area contributed by atoms with Crippen LogP contribution in [0.1, 0.15) is 41.5 Å². The fraction of sp³-hybridized carbons (Fsp3) is 0.286. The van der Waals surface area contributed by atoms with E-state index in [-0.39, 0.29) is 5.69 Å². The summed E-state index contributed by atoms with van der Waals surface area (Å²) >= 11 is 0. The van der Waals surface area contributed by atoms with Gasteiger partial charge in [0.25, 0.3) is 5.91 Å². The van der Waals surface area contributed by atoms with E-state index in [0.717, 1.165) is 48.8 Å². The van der Waals surface area contributed by atoms with Crippen LogP contribution in [0.25, 0.3) is 0 Å². The Bertz CT molecular complexity index is 1110. The van der Waals surface area contributed by atoms with Crippen molar-refractivity contribution >= 4 is 28.9 Å². The third-order valence-electron chi connectivity index (χ3n) is 5.58. The van der Waals surface area contributed by atoms with Crippen LogP contribution in [0.15, 0.2) is 42.9 Å². The van der Waals surface area contributed by atoms with Crippen LogP contribution in [0, 0.1) is 0 Å². The van der Waals surface area contributed by atoms with Crippen LogP contribution in [0.4, 0.5) is 23.0 Å². The van der Waals surface area contributed by atoms with Crippen molar-refractivity contribution in [3.8, 4) is 6.01 Å². The first-order chi connectivity index (χ1) is 15.1. The number of aromatic nitrogens is 4. The van der Waals surface area contributed by atoms with Crippen LogP contribution in [-0.2, 0) is 0 Å². The van der Waals surface area contributed by atoms with Crippen molar-refractivity contribution in [1.29, 1.82) is 0 Å². The minimum Gasteiger partial charge on any atom is -0.479 e. The van der Waals surface area contributed by atoms with Crippen LogP contribution in [0.5, 0.6) is 6.01 Å². The quantitative estimate of drug-likeness (QED) is 0.583. The van der Waals surface area contributed by atoms with Gasteiger partial charge in [0.2, 0.25) is 5.95 Å². The third-order valence-corrected chi connectivity index (χ3v) is 5.58. The van der Waals surface area contributed by atoms with Gasteiger partial charge in [-0.25, -0.2) is 15.0 Å². The number of anilines is 4. The molecule has 2 aliphatic rings. The maximum atomic E-state index is 12.0. The number of hydrogen-bond donors (Lipinski definition) is 3. The van der Waals surface area contributed by atoms with E-state index >= 15 is 0 Å². The highest BCUT2D eigenvalue weighted by Gasteiger charge is 2.34. The molecule has 1 aromatic carbocycles. The highest BCUT2D eigenvalue weighted by Crippen LogP contribution is 2.46. The predicted molar refractivity (Wildman–Crippen MR) is 115 cm³/mol. The molecule has 5 rings (SSSR count). The molecule has 0 radical (unpaired) electrons. The topological polar surface area (TPSA) is 133 Å². The summed E-state index contributed by atoms with van der Waals surface area (Å²) in [5.41, 5.74) is 8.36. The molecule has 0 bridgehead atoms. The van der Waals surface area contributed by atoms with Gasteiger partial charge in [0.1, 0.15) is 6.17 Å². The van der Waals surface area contributed by atoms with Crippen LogP contribution in [-0.4, -0.2) is 44.0 Å². The molecular formula is C21H22N8O2. The lowest BCUT2D eigenvalue weighted by atomic mass is 10.1. The Labute approximate surface area is 178 Å². The summed E-state index contributed by atoms with van der Waals surface area (Å²) in [5, 5.41) is 13.1. The molecule has 1 saturated heterocycles. The molecule has 3 aromatic rings. The molecule has 4 N–H and O–H groups in total. The summed E-state index contributed by atoms with van der Waals surface area (Å²) < 4.78 is 0. The lowest BCUT2D eigenvalue weighted by Crippen LogP contribution is -2.31. The second-order valence-electron chi connectivity index (χ2n) is 7.57. The van der Waals surface area contributed by atoms with Crippen LogP contribution in [0.2, 0.25) is 0 Å². The van der Waals surface area contributed by atoms with Gasteiger partial charge >= 0.3 is 6.01 Å². The van der Waals surface area contributed by atoms with Crippen LogP contribution < -0.4 is 20.9 Å². The van der Waals surface area contributed by atoms with E-state index < -0.39 is 18.1 Å². The smallest absolute Gasteiger partial charge is 0.314 e. The van der Waals surface area contributed by atoms with Crippen molar-refractivity contribution in [2.24, 2.45) is 5.73 Å². The van der Waals surface area contributed by atoms with Gasteiger partial charge in [-0.15, -0.1) is 0 Å². The number of primary amides is 1. The molecule has 1 atom stereocenters. The molecule has 1 fully saturated rings. The van der Waals surface area contributed by atoms with Gasteiger partial charge in [-0.05, 0) is 31.4 Å². The minimum absolute atomic E-state index is 0.0677. The molecular weight excluding hydrogens is 396 g/mol. The van der Waals surface area contributed by atoms with Crippen molar-refractivity contribution in [2.75, 3.05) is 28.2 Å². The number of carbonyl (C=O) groups is 1. The molecule has 0 spiro atoms. The highest BCUT2D eigenvalue weighted by atomic mass is 16.3. The van der Waals surface area contributed by atoms with E-state index in [1.807, 2.05) is 29.2 Å². The lowest BCUT2D eigenvalue weighted by molar-refractivity contribution is 0.0995. The number of carbonyl (C=O) groups excluding carboxylic acids is 1. The molecule has 0 saturated carbocycles. The van der Waals surface area contributed by atoms with Crippen molar-refractivity contribution in [1.82, 2.24) is 19.9 Å². The Morgan fingerprint density at radius 3 is 2.52 bits per heavy atom. The summed E-state index contributed by atoms with van der Waals surface area (Å²) in [6.07, 6.45) is 8.10. The number of rotatable bonds is 4. The molecule has 0 aliphatic carbocycles. The molecule has 1 amide bonds. The zero-order valence-corrected chi connectivity index (χ0v) is 16.8. The highest BCUT2D eigenvalue weighted by molar-refractivity contribution is 5.99. The van der Waals surface area contributed by atoms with Gasteiger partial charge in [-0.1, -0.05) is 12.1 Å². The Hall–Kier alpha value is -3.95. The predicted octanol–water partition coefficient (Wildman–Crippen LogP) is 2.32. The monoisotopic (exact) mass is 418 g/mol. The number of nitrogens with zero attached hydrogens (tertiary/aromatic N) is 6. The third kappa shape index (κ3) is 3.45. The van der Waals surface area contributed by atoms with Gasteiger partial charge in [0, 0.05) is 31.0 Å². The van der Waals surface area contributed by atoms with Crippen molar-refractivity contribution in [2.45, 2.75) is 25.4 Å². The van der Waals surface area contributed by atoms with Gasteiger partial charge in [0.05, 0.1) is 23.3 Å². The molecule has 2 aromatic heterocycles. The minimum atomic E-state index is -0.757. The summed E-state index contributed by atoms with van der Waals surface area (Å²) in [7, 11) is 0. The summed E-state index contributed by atoms with van der Waals surface area (Å²) in [6.45, 7) is 1.93. The largest absolute Gasteiger partial charge is 0.479 e. The molecule has 2 aliphatic heterocycles. The fourth-order valence-corrected chi connectivity index (χ4v) is 4.11. The Morgan fingerprint density at radius 1 is 1.03 bits per heavy atom. The molecule has 158 valence electrons. The average molecular weight is 418 g/mol. The zero-order valence-electron chi connectivity index (χ0n) is 16.8. The van der Waals surface area contributed by atoms with Crippen LogP contribution in [0.3, 0.4) is 0 Å². The van der Waals surface area contributed by atoms with Gasteiger partial charge < -0.3 is 26.0 Å². The van der Waals surface area contributed by atoms with E-state index in [9.17, 15) is 9.90 Å². The van der Waals surface area contributed by atoms with Crippen molar-refractivity contribution in [3.05, 3.63) is 54.1 Å². The summed E-state index contributed by atoms with van der Waals surface area (Å²) in [4.78, 5) is 33.0. The van der Waals surface area contributed by atoms with Crippen molar-refractivity contribution in [3.63, 3.8) is 0 Å². The molecule has 10 nitrogen and oxygen atoms in total. The Kier molecular flexibility index (Phi) is 4.73. The Morgan fingerprint density at radius 2 is 1.77 bits per heavy atom. The normalized spacial score (nSPS) is 17.9. The number of fused-ring (bicyclic) bond motifs is 1. The maximum absolute atomic E-state index is 12.0. The molecule has 10 heteroatoms. The standard InChI is InChI=1S/C21H22N8O2/c22-18(30)17-16(12-25-21(31)27-17)29-15-7-3-2-6-14(15)26-19(29)13-10-23-20(24-11-13)28-8-4-1-5-9-28/h2-3,6-7,10-12,19,26H,1,4-5,8-9H2,(H2,22,30)(H,25,27,31). The van der Waals surface area contributed by atoms with Gasteiger partial charge in [-0.2, -0.15) is 4.98 Å². The first-order valence-electron chi connectivity index (χ1n) is 10.2. The van der Waals surface area contributed by atoms with E-state index in [4.69, 9.17) is 5.73 Å². The van der Waals surface area contributed by atoms with Crippen LogP contribution >= 0.6 is 0 Å².